The molecule has 2 unspecified atom stereocenters. The van der Waals surface area contributed by atoms with Crippen LogP contribution in [0.5, 0.6) is 0 Å². The molecular formula is C12H20N2O2S. The predicted molar refractivity (Wildman–Crippen MR) is 68.3 cm³/mol. The van der Waals surface area contributed by atoms with Crippen LogP contribution >= 0.6 is 11.3 Å². The van der Waals surface area contributed by atoms with Crippen molar-refractivity contribution in [2.45, 2.75) is 38.4 Å². The molecule has 1 fully saturated rings. The third-order valence-electron chi connectivity index (χ3n) is 3.08. The Balaban J connectivity index is 1.59. The lowest BCUT2D eigenvalue weighted by Crippen LogP contribution is -2.23. The fourth-order valence-electron chi connectivity index (χ4n) is 2.02. The maximum absolute atomic E-state index is 5.71. The van der Waals surface area contributed by atoms with Crippen LogP contribution in [0.4, 0.5) is 0 Å². The van der Waals surface area contributed by atoms with Crippen molar-refractivity contribution in [1.82, 2.24) is 4.98 Å². The highest BCUT2D eigenvalue weighted by Crippen LogP contribution is 2.19. The van der Waals surface area contributed by atoms with Gasteiger partial charge in [-0.2, -0.15) is 0 Å². The van der Waals surface area contributed by atoms with Gasteiger partial charge in [-0.1, -0.05) is 0 Å². The first-order valence-electron chi connectivity index (χ1n) is 6.12. The lowest BCUT2D eigenvalue weighted by Gasteiger charge is -2.12. The van der Waals surface area contributed by atoms with E-state index in [1.165, 1.54) is 4.88 Å². The van der Waals surface area contributed by atoms with E-state index in [0.717, 1.165) is 31.6 Å². The number of aromatic nitrogens is 1. The molecule has 96 valence electrons. The van der Waals surface area contributed by atoms with Gasteiger partial charge in [-0.25, -0.2) is 4.98 Å². The van der Waals surface area contributed by atoms with Crippen molar-refractivity contribution < 1.29 is 9.47 Å². The Morgan fingerprint density at radius 2 is 2.35 bits per heavy atom. The molecule has 1 aromatic heterocycles. The zero-order chi connectivity index (χ0) is 12.1. The van der Waals surface area contributed by atoms with Crippen LogP contribution in [0.1, 0.15) is 23.4 Å². The highest BCUT2D eigenvalue weighted by molar-refractivity contribution is 7.09. The summed E-state index contributed by atoms with van der Waals surface area (Å²) < 4.78 is 11.4. The van der Waals surface area contributed by atoms with Gasteiger partial charge in [-0.05, 0) is 19.8 Å². The topological polar surface area (TPSA) is 57.4 Å². The van der Waals surface area contributed by atoms with E-state index in [1.807, 2.05) is 12.4 Å². The van der Waals surface area contributed by atoms with Crippen LogP contribution in [0, 0.1) is 6.92 Å². The molecule has 1 aliphatic heterocycles. The van der Waals surface area contributed by atoms with Crippen LogP contribution in [0.3, 0.4) is 0 Å². The van der Waals surface area contributed by atoms with Crippen LogP contribution in [0.15, 0.2) is 5.51 Å². The minimum absolute atomic E-state index is 0.242. The fraction of sp³-hybridized carbons (Fsp3) is 0.750. The summed E-state index contributed by atoms with van der Waals surface area (Å²) in [4.78, 5) is 5.54. The summed E-state index contributed by atoms with van der Waals surface area (Å²) in [6.07, 6.45) is 3.57. The van der Waals surface area contributed by atoms with E-state index in [2.05, 4.69) is 4.98 Å². The van der Waals surface area contributed by atoms with Gasteiger partial charge in [0.2, 0.25) is 0 Å². The maximum atomic E-state index is 5.71. The Labute approximate surface area is 106 Å². The number of nitrogens with zero attached hydrogens (tertiary/aromatic N) is 1. The molecule has 2 N–H and O–H groups in total. The molecule has 2 atom stereocenters. The molecule has 1 aromatic rings. The first kappa shape index (κ1) is 13.0. The van der Waals surface area contributed by atoms with Crippen molar-refractivity contribution in [2.75, 3.05) is 19.8 Å². The molecule has 2 heterocycles. The van der Waals surface area contributed by atoms with Crippen molar-refractivity contribution in [3.8, 4) is 0 Å². The quantitative estimate of drug-likeness (QED) is 0.784. The predicted octanol–water partition coefficient (Wildman–Crippen LogP) is 1.52. The highest BCUT2D eigenvalue weighted by Gasteiger charge is 2.23. The number of hydrogen-bond acceptors (Lipinski definition) is 5. The average molecular weight is 256 g/mol. The monoisotopic (exact) mass is 256 g/mol. The summed E-state index contributed by atoms with van der Waals surface area (Å²) in [5.41, 5.74) is 8.57. The SMILES string of the molecule is Cc1ncsc1CCOCC1CCC(CN)O1. The number of thiazole rings is 1. The first-order valence-corrected chi connectivity index (χ1v) is 6.99. The minimum atomic E-state index is 0.242. The van der Waals surface area contributed by atoms with Crippen LogP contribution in [-0.2, 0) is 15.9 Å². The van der Waals surface area contributed by atoms with E-state index in [-0.39, 0.29) is 12.2 Å². The molecule has 17 heavy (non-hydrogen) atoms. The van der Waals surface area contributed by atoms with Gasteiger partial charge in [0, 0.05) is 17.8 Å². The maximum Gasteiger partial charge on any atom is 0.0813 e. The molecule has 4 nitrogen and oxygen atoms in total. The third-order valence-corrected chi connectivity index (χ3v) is 4.08. The molecule has 0 aromatic carbocycles. The van der Waals surface area contributed by atoms with Gasteiger partial charge < -0.3 is 15.2 Å². The lowest BCUT2D eigenvalue weighted by atomic mass is 10.2. The molecule has 0 spiro atoms. The second-order valence-corrected chi connectivity index (χ2v) is 5.32. The number of aryl methyl sites for hydroxylation is 1. The Hall–Kier alpha value is -0.490. The van der Waals surface area contributed by atoms with Crippen molar-refractivity contribution in [3.05, 3.63) is 16.1 Å². The molecular weight excluding hydrogens is 236 g/mol. The summed E-state index contributed by atoms with van der Waals surface area (Å²) in [6, 6.07) is 0. The largest absolute Gasteiger partial charge is 0.378 e. The molecule has 2 rings (SSSR count). The number of nitrogens with two attached hydrogens (primary N) is 1. The summed E-state index contributed by atoms with van der Waals surface area (Å²) in [5.74, 6) is 0. The van der Waals surface area contributed by atoms with Crippen LogP contribution in [0.2, 0.25) is 0 Å². The Morgan fingerprint density at radius 1 is 1.53 bits per heavy atom. The van der Waals surface area contributed by atoms with E-state index < -0.39 is 0 Å². The zero-order valence-electron chi connectivity index (χ0n) is 10.2. The van der Waals surface area contributed by atoms with Crippen molar-refractivity contribution in [3.63, 3.8) is 0 Å². The summed E-state index contributed by atoms with van der Waals surface area (Å²) in [7, 11) is 0. The lowest BCUT2D eigenvalue weighted by molar-refractivity contribution is -0.0111. The van der Waals surface area contributed by atoms with Crippen LogP contribution in [-0.4, -0.2) is 37.0 Å². The third kappa shape index (κ3) is 3.74. The van der Waals surface area contributed by atoms with Gasteiger partial charge >= 0.3 is 0 Å². The second-order valence-electron chi connectivity index (χ2n) is 4.38. The number of ether oxygens (including phenoxy) is 2. The van der Waals surface area contributed by atoms with E-state index in [4.69, 9.17) is 15.2 Å². The van der Waals surface area contributed by atoms with Gasteiger partial charge in [0.1, 0.15) is 0 Å². The standard InChI is InChI=1S/C12H20N2O2S/c1-9-12(17-8-14-9)4-5-15-7-11-3-2-10(6-13)16-11/h8,10-11H,2-7,13H2,1H3. The smallest absolute Gasteiger partial charge is 0.0813 e. The van der Waals surface area contributed by atoms with Crippen molar-refractivity contribution in [1.29, 1.82) is 0 Å². The van der Waals surface area contributed by atoms with Gasteiger partial charge in [0.15, 0.2) is 0 Å². The molecule has 0 amide bonds. The highest BCUT2D eigenvalue weighted by atomic mass is 32.1. The minimum Gasteiger partial charge on any atom is -0.378 e. The van der Waals surface area contributed by atoms with Crippen molar-refractivity contribution >= 4 is 11.3 Å². The van der Waals surface area contributed by atoms with E-state index in [9.17, 15) is 0 Å². The van der Waals surface area contributed by atoms with Crippen LogP contribution in [0.25, 0.3) is 0 Å². The molecule has 0 saturated carbocycles. The summed E-state index contributed by atoms with van der Waals surface area (Å²) in [5, 5.41) is 0. The number of rotatable bonds is 6. The average Bonchev–Trinajstić information content (AvgIpc) is 2.94. The van der Waals surface area contributed by atoms with E-state index >= 15 is 0 Å². The Kier molecular flexibility index (Phi) is 4.91. The molecule has 0 radical (unpaired) electrons. The zero-order valence-corrected chi connectivity index (χ0v) is 11.0. The van der Waals surface area contributed by atoms with Gasteiger partial charge in [0.25, 0.3) is 0 Å². The normalized spacial score (nSPS) is 24.4. The molecule has 0 aliphatic carbocycles. The van der Waals surface area contributed by atoms with Gasteiger partial charge in [0.05, 0.1) is 36.6 Å². The molecule has 5 heteroatoms. The number of hydrogen-bond donors (Lipinski definition) is 1. The molecule has 1 saturated heterocycles. The first-order chi connectivity index (χ1) is 8.29. The second kappa shape index (κ2) is 6.44. The van der Waals surface area contributed by atoms with E-state index in [0.29, 0.717) is 13.2 Å². The molecule has 1 aliphatic rings. The Bertz CT molecular complexity index is 343. The van der Waals surface area contributed by atoms with Gasteiger partial charge in [-0.15, -0.1) is 11.3 Å². The molecule has 0 bridgehead atoms. The summed E-state index contributed by atoms with van der Waals surface area (Å²) in [6.45, 7) is 4.10. The Morgan fingerprint density at radius 3 is 3.00 bits per heavy atom. The van der Waals surface area contributed by atoms with E-state index in [1.54, 1.807) is 11.3 Å². The van der Waals surface area contributed by atoms with Gasteiger partial charge in [-0.3, -0.25) is 0 Å². The van der Waals surface area contributed by atoms with Crippen LogP contribution < -0.4 is 5.73 Å². The fourth-order valence-corrected chi connectivity index (χ4v) is 2.78. The summed E-state index contributed by atoms with van der Waals surface area (Å²) >= 11 is 1.70. The van der Waals surface area contributed by atoms with Crippen molar-refractivity contribution in [2.24, 2.45) is 5.73 Å².